The topological polar surface area (TPSA) is 32.7 Å². The summed E-state index contributed by atoms with van der Waals surface area (Å²) in [5.74, 6) is 1.74. The number of likely N-dealkylation sites (tertiary alicyclic amines) is 1. The summed E-state index contributed by atoms with van der Waals surface area (Å²) in [5, 5.41) is 9.81. The molecule has 1 aliphatic heterocycles. The molecular weight excluding hydrogens is 286 g/mol. The second kappa shape index (κ2) is 8.16. The lowest BCUT2D eigenvalue weighted by molar-refractivity contribution is 0.122. The van der Waals surface area contributed by atoms with Gasteiger partial charge in [0.25, 0.3) is 0 Å². The monoisotopic (exact) mass is 319 g/mol. The lowest BCUT2D eigenvalue weighted by Gasteiger charge is -2.34. The van der Waals surface area contributed by atoms with Gasteiger partial charge in [-0.1, -0.05) is 38.5 Å². The zero-order chi connectivity index (χ0) is 17.0. The summed E-state index contributed by atoms with van der Waals surface area (Å²) >= 11 is 0. The van der Waals surface area contributed by atoms with Crippen molar-refractivity contribution in [3.63, 3.8) is 0 Å². The van der Waals surface area contributed by atoms with E-state index in [1.54, 1.807) is 0 Å². The first-order valence-electron chi connectivity index (χ1n) is 9.02. The van der Waals surface area contributed by atoms with Gasteiger partial charge in [-0.25, -0.2) is 0 Å². The lowest BCUT2D eigenvalue weighted by Crippen LogP contribution is -2.32. The smallest absolute Gasteiger partial charge is 0.127 e. The molecule has 0 amide bonds. The third-order valence-corrected chi connectivity index (χ3v) is 4.69. The molecule has 1 saturated heterocycles. The average molecular weight is 319 g/mol. The van der Waals surface area contributed by atoms with E-state index in [1.165, 1.54) is 29.5 Å². The molecule has 2 rings (SSSR count). The van der Waals surface area contributed by atoms with Gasteiger partial charge in [-0.3, -0.25) is 4.90 Å². The molecule has 3 nitrogen and oxygen atoms in total. The van der Waals surface area contributed by atoms with E-state index in [2.05, 4.69) is 51.7 Å². The van der Waals surface area contributed by atoms with E-state index in [0.29, 0.717) is 5.92 Å². The van der Waals surface area contributed by atoms with E-state index in [0.717, 1.165) is 25.4 Å². The van der Waals surface area contributed by atoms with Gasteiger partial charge in [-0.15, -0.1) is 0 Å². The summed E-state index contributed by atoms with van der Waals surface area (Å²) in [7, 11) is 0. The standard InChI is InChI=1S/C20H33NO2/c1-14(2)13-23-20-16(4)10-15(3)11-18(20)19(17(5)12-22)21-8-6-7-9-21/h10-11,14,17,19,22H,6-9,12-13H2,1-5H3. The van der Waals surface area contributed by atoms with Crippen LogP contribution >= 0.6 is 0 Å². The summed E-state index contributed by atoms with van der Waals surface area (Å²) in [6.07, 6.45) is 2.50. The van der Waals surface area contributed by atoms with Crippen molar-refractivity contribution in [1.29, 1.82) is 0 Å². The maximum Gasteiger partial charge on any atom is 0.127 e. The maximum absolute atomic E-state index is 9.81. The van der Waals surface area contributed by atoms with Gasteiger partial charge in [0.05, 0.1) is 6.61 Å². The van der Waals surface area contributed by atoms with Crippen LogP contribution in [-0.2, 0) is 0 Å². The molecule has 0 aliphatic carbocycles. The third kappa shape index (κ3) is 4.48. The SMILES string of the molecule is Cc1cc(C)c(OCC(C)C)c(C(C(C)CO)N2CCCC2)c1. The Morgan fingerprint density at radius 3 is 2.35 bits per heavy atom. The summed E-state index contributed by atoms with van der Waals surface area (Å²) < 4.78 is 6.21. The highest BCUT2D eigenvalue weighted by Crippen LogP contribution is 2.39. The van der Waals surface area contributed by atoms with Crippen molar-refractivity contribution in [3.05, 3.63) is 28.8 Å². The van der Waals surface area contributed by atoms with E-state index < -0.39 is 0 Å². The van der Waals surface area contributed by atoms with Crippen LogP contribution in [0.4, 0.5) is 0 Å². The van der Waals surface area contributed by atoms with E-state index in [4.69, 9.17) is 4.74 Å². The number of hydrogen-bond acceptors (Lipinski definition) is 3. The Morgan fingerprint density at radius 2 is 1.78 bits per heavy atom. The number of aliphatic hydroxyl groups excluding tert-OH is 1. The summed E-state index contributed by atoms with van der Waals surface area (Å²) in [6, 6.07) is 4.70. The first kappa shape index (κ1) is 18.3. The highest BCUT2D eigenvalue weighted by Gasteiger charge is 2.31. The van der Waals surface area contributed by atoms with Crippen LogP contribution < -0.4 is 4.74 Å². The van der Waals surface area contributed by atoms with Crippen molar-refractivity contribution in [1.82, 2.24) is 4.90 Å². The van der Waals surface area contributed by atoms with Crippen LogP contribution in [0.5, 0.6) is 5.75 Å². The molecule has 0 spiro atoms. The highest BCUT2D eigenvalue weighted by molar-refractivity contribution is 5.46. The van der Waals surface area contributed by atoms with E-state index in [-0.39, 0.29) is 18.6 Å². The van der Waals surface area contributed by atoms with E-state index in [1.807, 2.05) is 0 Å². The third-order valence-electron chi connectivity index (χ3n) is 4.69. The predicted molar refractivity (Wildman–Crippen MR) is 96.0 cm³/mol. The summed E-state index contributed by atoms with van der Waals surface area (Å²) in [4.78, 5) is 2.53. The number of nitrogens with zero attached hydrogens (tertiary/aromatic N) is 1. The first-order valence-corrected chi connectivity index (χ1v) is 9.02. The summed E-state index contributed by atoms with van der Waals surface area (Å²) in [6.45, 7) is 14.0. The Morgan fingerprint density at radius 1 is 1.13 bits per heavy atom. The molecule has 2 atom stereocenters. The van der Waals surface area contributed by atoms with Crippen molar-refractivity contribution >= 4 is 0 Å². The van der Waals surface area contributed by atoms with Crippen LogP contribution in [0.1, 0.15) is 56.3 Å². The van der Waals surface area contributed by atoms with Crippen molar-refractivity contribution in [3.8, 4) is 5.75 Å². The van der Waals surface area contributed by atoms with Crippen molar-refractivity contribution in [2.45, 2.75) is 53.5 Å². The second-order valence-electron chi connectivity index (χ2n) is 7.55. The first-order chi connectivity index (χ1) is 10.9. The Bertz CT molecular complexity index is 507. The van der Waals surface area contributed by atoms with Crippen LogP contribution in [0, 0.1) is 25.7 Å². The van der Waals surface area contributed by atoms with Gasteiger partial charge in [-0.05, 0) is 57.2 Å². The van der Waals surface area contributed by atoms with Gasteiger partial charge < -0.3 is 9.84 Å². The van der Waals surface area contributed by atoms with Gasteiger partial charge in [-0.2, -0.15) is 0 Å². The van der Waals surface area contributed by atoms with Crippen LogP contribution in [0.25, 0.3) is 0 Å². The molecule has 130 valence electrons. The number of aliphatic hydroxyl groups is 1. The predicted octanol–water partition coefficient (Wildman–Crippen LogP) is 4.10. The van der Waals surface area contributed by atoms with Gasteiger partial charge in [0.15, 0.2) is 0 Å². The number of benzene rings is 1. The molecule has 0 bridgehead atoms. The Hall–Kier alpha value is -1.06. The molecular formula is C20H33NO2. The Kier molecular flexibility index (Phi) is 6.49. The number of hydrogen-bond donors (Lipinski definition) is 1. The molecule has 0 radical (unpaired) electrons. The van der Waals surface area contributed by atoms with Crippen molar-refractivity contribution in [2.75, 3.05) is 26.3 Å². The fourth-order valence-electron chi connectivity index (χ4n) is 3.64. The molecule has 23 heavy (non-hydrogen) atoms. The second-order valence-corrected chi connectivity index (χ2v) is 7.55. The largest absolute Gasteiger partial charge is 0.493 e. The van der Waals surface area contributed by atoms with Gasteiger partial charge in [0.1, 0.15) is 5.75 Å². The quantitative estimate of drug-likeness (QED) is 0.821. The fourth-order valence-corrected chi connectivity index (χ4v) is 3.64. The van der Waals surface area contributed by atoms with Crippen LogP contribution in [0.15, 0.2) is 12.1 Å². The summed E-state index contributed by atoms with van der Waals surface area (Å²) in [5.41, 5.74) is 3.73. The molecule has 3 heteroatoms. The van der Waals surface area contributed by atoms with Crippen molar-refractivity contribution < 1.29 is 9.84 Å². The molecule has 1 heterocycles. The van der Waals surface area contributed by atoms with Crippen molar-refractivity contribution in [2.24, 2.45) is 11.8 Å². The minimum atomic E-state index is 0.204. The minimum absolute atomic E-state index is 0.204. The maximum atomic E-state index is 9.81. The molecule has 0 aromatic heterocycles. The molecule has 0 saturated carbocycles. The van der Waals surface area contributed by atoms with E-state index >= 15 is 0 Å². The molecule has 2 unspecified atom stereocenters. The molecule has 1 N–H and O–H groups in total. The fraction of sp³-hybridized carbons (Fsp3) is 0.700. The van der Waals surface area contributed by atoms with Crippen LogP contribution in [0.2, 0.25) is 0 Å². The Balaban J connectivity index is 2.42. The van der Waals surface area contributed by atoms with Crippen LogP contribution in [0.3, 0.4) is 0 Å². The highest BCUT2D eigenvalue weighted by atomic mass is 16.5. The van der Waals surface area contributed by atoms with Gasteiger partial charge in [0, 0.05) is 18.2 Å². The number of rotatable bonds is 7. The van der Waals surface area contributed by atoms with E-state index in [9.17, 15) is 5.11 Å². The Labute approximate surface area is 141 Å². The average Bonchev–Trinajstić information content (AvgIpc) is 2.99. The molecule has 1 aliphatic rings. The minimum Gasteiger partial charge on any atom is -0.493 e. The zero-order valence-electron chi connectivity index (χ0n) is 15.4. The zero-order valence-corrected chi connectivity index (χ0v) is 15.4. The van der Waals surface area contributed by atoms with Gasteiger partial charge >= 0.3 is 0 Å². The molecule has 1 fully saturated rings. The molecule has 1 aromatic carbocycles. The number of aryl methyl sites for hydroxylation is 2. The number of ether oxygens (including phenoxy) is 1. The van der Waals surface area contributed by atoms with Gasteiger partial charge in [0.2, 0.25) is 0 Å². The lowest BCUT2D eigenvalue weighted by atomic mass is 9.90. The van der Waals surface area contributed by atoms with Crippen LogP contribution in [-0.4, -0.2) is 36.3 Å². The molecule has 1 aromatic rings. The normalized spacial score (nSPS) is 18.4.